The van der Waals surface area contributed by atoms with Gasteiger partial charge in [0.05, 0.1) is 11.5 Å². The van der Waals surface area contributed by atoms with E-state index in [0.717, 1.165) is 12.1 Å². The monoisotopic (exact) mass is 430 g/mol. The first-order valence-corrected chi connectivity index (χ1v) is 9.40. The second kappa shape index (κ2) is 7.86. The molecule has 4 rings (SSSR count). The number of anilines is 2. The summed E-state index contributed by atoms with van der Waals surface area (Å²) in [5.74, 6) is -0.485. The van der Waals surface area contributed by atoms with Crippen molar-refractivity contribution >= 4 is 23.2 Å². The summed E-state index contributed by atoms with van der Waals surface area (Å²) in [4.78, 5) is 30.7. The Morgan fingerprint density at radius 1 is 1.19 bits per heavy atom. The summed E-state index contributed by atoms with van der Waals surface area (Å²) in [6, 6.07) is 11.2. The number of amides is 2. The third kappa shape index (κ3) is 4.42. The van der Waals surface area contributed by atoms with Crippen molar-refractivity contribution in [3.8, 4) is 11.4 Å². The minimum Gasteiger partial charge on any atom is -0.339 e. The summed E-state index contributed by atoms with van der Waals surface area (Å²) in [5.41, 5.74) is 0.692. The van der Waals surface area contributed by atoms with Crippen molar-refractivity contribution in [1.82, 2.24) is 10.1 Å². The molecule has 2 aromatic carbocycles. The second-order valence-corrected chi connectivity index (χ2v) is 7.16. The van der Waals surface area contributed by atoms with Crippen LogP contribution >= 0.6 is 0 Å². The van der Waals surface area contributed by atoms with Gasteiger partial charge >= 0.3 is 6.18 Å². The number of carbonyl (C=O) groups is 2. The summed E-state index contributed by atoms with van der Waals surface area (Å²) in [6.07, 6.45) is -4.45. The maximum Gasteiger partial charge on any atom is 0.416 e. The molecule has 1 aliphatic rings. The molecule has 1 N–H and O–H groups in total. The highest BCUT2D eigenvalue weighted by molar-refractivity contribution is 6.03. The average Bonchev–Trinajstić information content (AvgIpc) is 3.34. The first kappa shape index (κ1) is 20.6. The van der Waals surface area contributed by atoms with E-state index in [9.17, 15) is 22.8 Å². The van der Waals surface area contributed by atoms with E-state index in [0.29, 0.717) is 23.0 Å². The molecule has 10 heteroatoms. The smallest absolute Gasteiger partial charge is 0.339 e. The van der Waals surface area contributed by atoms with Crippen molar-refractivity contribution in [2.24, 2.45) is 5.92 Å². The lowest BCUT2D eigenvalue weighted by atomic mass is 10.1. The van der Waals surface area contributed by atoms with Crippen LogP contribution in [-0.2, 0) is 15.8 Å². The predicted molar refractivity (Wildman–Crippen MR) is 105 cm³/mol. The number of hydrogen-bond acceptors (Lipinski definition) is 5. The van der Waals surface area contributed by atoms with Crippen LogP contribution in [-0.4, -0.2) is 28.5 Å². The van der Waals surface area contributed by atoms with E-state index in [4.69, 9.17) is 4.52 Å². The van der Waals surface area contributed by atoms with Crippen molar-refractivity contribution in [2.45, 2.75) is 19.5 Å². The zero-order chi connectivity index (χ0) is 22.2. The normalized spacial score (nSPS) is 16.6. The molecule has 0 aliphatic carbocycles. The molecule has 1 atom stereocenters. The largest absolute Gasteiger partial charge is 0.416 e. The third-order valence-corrected chi connectivity index (χ3v) is 4.92. The fourth-order valence-corrected chi connectivity index (χ4v) is 3.35. The molecule has 0 saturated carbocycles. The number of aromatic nitrogens is 2. The fraction of sp³-hybridized carbons (Fsp3) is 0.238. The lowest BCUT2D eigenvalue weighted by molar-refractivity contribution is -0.137. The van der Waals surface area contributed by atoms with E-state index in [2.05, 4.69) is 15.5 Å². The van der Waals surface area contributed by atoms with Crippen LogP contribution in [0, 0.1) is 12.8 Å². The van der Waals surface area contributed by atoms with E-state index in [-0.39, 0.29) is 24.6 Å². The zero-order valence-electron chi connectivity index (χ0n) is 16.3. The van der Waals surface area contributed by atoms with Crippen molar-refractivity contribution in [2.75, 3.05) is 16.8 Å². The minimum atomic E-state index is -4.45. The Balaban J connectivity index is 1.45. The fourth-order valence-electron chi connectivity index (χ4n) is 3.35. The van der Waals surface area contributed by atoms with Gasteiger partial charge in [-0.1, -0.05) is 17.3 Å². The van der Waals surface area contributed by atoms with Gasteiger partial charge in [0.2, 0.25) is 23.5 Å². The topological polar surface area (TPSA) is 88.3 Å². The van der Waals surface area contributed by atoms with Gasteiger partial charge in [0.15, 0.2) is 0 Å². The number of carbonyl (C=O) groups excluding carboxylic acids is 2. The summed E-state index contributed by atoms with van der Waals surface area (Å²) in [7, 11) is 0. The van der Waals surface area contributed by atoms with Gasteiger partial charge in [-0.3, -0.25) is 9.59 Å². The van der Waals surface area contributed by atoms with Gasteiger partial charge in [-0.2, -0.15) is 18.2 Å². The van der Waals surface area contributed by atoms with E-state index < -0.39 is 23.6 Å². The minimum absolute atomic E-state index is 0.00197. The molecular weight excluding hydrogens is 413 g/mol. The van der Waals surface area contributed by atoms with Crippen LogP contribution in [0.15, 0.2) is 53.1 Å². The van der Waals surface area contributed by atoms with Crippen LogP contribution in [0.2, 0.25) is 0 Å². The van der Waals surface area contributed by atoms with Crippen LogP contribution in [0.1, 0.15) is 17.9 Å². The van der Waals surface area contributed by atoms with Crippen LogP contribution < -0.4 is 10.2 Å². The Bertz CT molecular complexity index is 1130. The van der Waals surface area contributed by atoms with E-state index >= 15 is 0 Å². The molecule has 2 amide bonds. The highest BCUT2D eigenvalue weighted by atomic mass is 19.4. The number of rotatable bonds is 4. The molecule has 31 heavy (non-hydrogen) atoms. The Morgan fingerprint density at radius 3 is 2.58 bits per heavy atom. The Hall–Kier alpha value is -3.69. The van der Waals surface area contributed by atoms with Crippen molar-refractivity contribution in [3.63, 3.8) is 0 Å². The highest BCUT2D eigenvalue weighted by Gasteiger charge is 2.35. The summed E-state index contributed by atoms with van der Waals surface area (Å²) < 4.78 is 43.0. The maximum absolute atomic E-state index is 12.7. The van der Waals surface area contributed by atoms with Crippen LogP contribution in [0.3, 0.4) is 0 Å². The van der Waals surface area contributed by atoms with E-state index in [1.54, 1.807) is 31.2 Å². The molecule has 0 radical (unpaired) electrons. The lowest BCUT2D eigenvalue weighted by Gasteiger charge is -2.17. The van der Waals surface area contributed by atoms with E-state index in [1.165, 1.54) is 17.0 Å². The summed E-state index contributed by atoms with van der Waals surface area (Å²) >= 11 is 0. The SMILES string of the molecule is Cc1nc(-c2cccc(N3CC(C(=O)Nc4ccc(C(F)(F)F)cc4)CC3=O)c2)no1. The van der Waals surface area contributed by atoms with Crippen LogP contribution in [0.4, 0.5) is 24.5 Å². The summed E-state index contributed by atoms with van der Waals surface area (Å²) in [5, 5.41) is 6.44. The average molecular weight is 430 g/mol. The molecule has 1 aliphatic heterocycles. The molecule has 2 heterocycles. The molecule has 1 fully saturated rings. The Kier molecular flexibility index (Phi) is 5.22. The first-order chi connectivity index (χ1) is 14.7. The molecule has 160 valence electrons. The quantitative estimate of drug-likeness (QED) is 0.675. The molecule has 0 bridgehead atoms. The lowest BCUT2D eigenvalue weighted by Crippen LogP contribution is -2.28. The van der Waals surface area contributed by atoms with Crippen LogP contribution in [0.25, 0.3) is 11.4 Å². The Morgan fingerprint density at radius 2 is 1.94 bits per heavy atom. The number of halogens is 3. The number of nitrogens with one attached hydrogen (secondary N) is 1. The van der Waals surface area contributed by atoms with Gasteiger partial charge in [0.25, 0.3) is 0 Å². The third-order valence-electron chi connectivity index (χ3n) is 4.92. The number of nitrogens with zero attached hydrogens (tertiary/aromatic N) is 3. The molecule has 3 aromatic rings. The van der Waals surface area contributed by atoms with Gasteiger partial charge in [-0.25, -0.2) is 0 Å². The molecule has 1 saturated heterocycles. The van der Waals surface area contributed by atoms with Crippen LogP contribution in [0.5, 0.6) is 0 Å². The van der Waals surface area contributed by atoms with Crippen molar-refractivity contribution < 1.29 is 27.3 Å². The molecule has 1 aromatic heterocycles. The number of aryl methyl sites for hydroxylation is 1. The molecule has 7 nitrogen and oxygen atoms in total. The van der Waals surface area contributed by atoms with Crippen molar-refractivity contribution in [3.05, 3.63) is 60.0 Å². The van der Waals surface area contributed by atoms with Gasteiger partial charge < -0.3 is 14.7 Å². The standard InChI is InChI=1S/C21H17F3N4O3/c1-12-25-19(27-31-12)13-3-2-4-17(9-13)28-11-14(10-18(28)29)20(30)26-16-7-5-15(6-8-16)21(22,23)24/h2-9,14H,10-11H2,1H3,(H,26,30). The van der Waals surface area contributed by atoms with Gasteiger partial charge in [-0.05, 0) is 36.4 Å². The number of benzene rings is 2. The van der Waals surface area contributed by atoms with E-state index in [1.807, 2.05) is 0 Å². The van der Waals surface area contributed by atoms with Gasteiger partial charge in [-0.15, -0.1) is 0 Å². The maximum atomic E-state index is 12.7. The molecule has 0 spiro atoms. The number of hydrogen-bond donors (Lipinski definition) is 1. The summed E-state index contributed by atoms with van der Waals surface area (Å²) in [6.45, 7) is 1.82. The highest BCUT2D eigenvalue weighted by Crippen LogP contribution is 2.31. The number of alkyl halides is 3. The first-order valence-electron chi connectivity index (χ1n) is 9.40. The zero-order valence-corrected chi connectivity index (χ0v) is 16.3. The Labute approximate surface area is 174 Å². The van der Waals surface area contributed by atoms with Gasteiger partial charge in [0, 0.05) is 36.8 Å². The van der Waals surface area contributed by atoms with Gasteiger partial charge in [0.1, 0.15) is 0 Å². The van der Waals surface area contributed by atoms with Crippen molar-refractivity contribution in [1.29, 1.82) is 0 Å². The second-order valence-electron chi connectivity index (χ2n) is 7.16. The molecule has 1 unspecified atom stereocenters. The molecular formula is C21H17F3N4O3. The predicted octanol–water partition coefficient (Wildman–Crippen LogP) is 4.06.